The van der Waals surface area contributed by atoms with Gasteiger partial charge in [0.1, 0.15) is 4.21 Å². The average Bonchev–Trinajstić information content (AvgIpc) is 2.76. The molecule has 0 aliphatic rings. The molecule has 3 nitrogen and oxygen atoms in total. The van der Waals surface area contributed by atoms with Gasteiger partial charge in [-0.1, -0.05) is 20.3 Å². The van der Waals surface area contributed by atoms with Crippen molar-refractivity contribution in [3.63, 3.8) is 0 Å². The molecule has 1 N–H and O–H groups in total. The summed E-state index contributed by atoms with van der Waals surface area (Å²) in [5.74, 6) is 0. The predicted molar refractivity (Wildman–Crippen MR) is 73.4 cm³/mol. The highest BCUT2D eigenvalue weighted by molar-refractivity contribution is 7.91. The number of aryl methyl sites for hydroxylation is 1. The molecule has 1 aromatic heterocycles. The zero-order valence-electron chi connectivity index (χ0n) is 10.1. The van der Waals surface area contributed by atoms with Crippen LogP contribution < -0.4 is 4.72 Å². The van der Waals surface area contributed by atoms with Crippen molar-refractivity contribution in [2.45, 2.75) is 42.7 Å². The lowest BCUT2D eigenvalue weighted by Crippen LogP contribution is -2.29. The lowest BCUT2D eigenvalue weighted by molar-refractivity contribution is 0.579. The van der Waals surface area contributed by atoms with Crippen LogP contribution in [0.25, 0.3) is 0 Å². The maximum atomic E-state index is 11.9. The van der Waals surface area contributed by atoms with Gasteiger partial charge in [-0.25, -0.2) is 13.1 Å². The van der Waals surface area contributed by atoms with E-state index in [9.17, 15) is 8.42 Å². The molecule has 1 unspecified atom stereocenters. The summed E-state index contributed by atoms with van der Waals surface area (Å²) in [6, 6.07) is 3.50. The summed E-state index contributed by atoms with van der Waals surface area (Å²) < 4.78 is 26.7. The number of rotatable bonds is 7. The van der Waals surface area contributed by atoms with Crippen LogP contribution in [0.1, 0.15) is 31.6 Å². The largest absolute Gasteiger partial charge is 0.250 e. The zero-order chi connectivity index (χ0) is 12.9. The summed E-state index contributed by atoms with van der Waals surface area (Å²) >= 11 is 7.29. The third kappa shape index (κ3) is 4.58. The maximum Gasteiger partial charge on any atom is 0.250 e. The van der Waals surface area contributed by atoms with Crippen molar-refractivity contribution in [3.8, 4) is 0 Å². The zero-order valence-corrected chi connectivity index (χ0v) is 12.5. The van der Waals surface area contributed by atoms with Gasteiger partial charge in [0, 0.05) is 16.8 Å². The Morgan fingerprint density at radius 3 is 2.65 bits per heavy atom. The molecule has 0 radical (unpaired) electrons. The van der Waals surface area contributed by atoms with Gasteiger partial charge < -0.3 is 0 Å². The molecule has 1 aromatic rings. The smallest absolute Gasteiger partial charge is 0.209 e. The van der Waals surface area contributed by atoms with Crippen molar-refractivity contribution in [2.24, 2.45) is 0 Å². The second kappa shape index (κ2) is 6.73. The van der Waals surface area contributed by atoms with E-state index in [-0.39, 0.29) is 11.9 Å². The minimum absolute atomic E-state index is 0.139. The van der Waals surface area contributed by atoms with E-state index in [1.54, 1.807) is 6.07 Å². The molecule has 0 spiro atoms. The first-order chi connectivity index (χ1) is 7.99. The van der Waals surface area contributed by atoms with Crippen LogP contribution in [-0.2, 0) is 16.4 Å². The van der Waals surface area contributed by atoms with Crippen LogP contribution in [0.2, 0.25) is 0 Å². The summed E-state index contributed by atoms with van der Waals surface area (Å²) in [4.78, 5) is 1.07. The van der Waals surface area contributed by atoms with Crippen molar-refractivity contribution in [2.75, 3.05) is 6.54 Å². The van der Waals surface area contributed by atoms with Gasteiger partial charge in [-0.05, 0) is 25.0 Å². The normalized spacial score (nSPS) is 13.8. The molecule has 0 aliphatic carbocycles. The van der Waals surface area contributed by atoms with Crippen LogP contribution >= 0.6 is 22.9 Å². The molecule has 0 saturated carbocycles. The minimum Gasteiger partial charge on any atom is -0.209 e. The molecule has 1 rings (SSSR count). The lowest BCUT2D eigenvalue weighted by Gasteiger charge is -2.09. The molecular formula is C11H18ClNO2S2. The highest BCUT2D eigenvalue weighted by atomic mass is 35.5. The Bertz CT molecular complexity index is 442. The molecule has 0 saturated heterocycles. The molecule has 6 heteroatoms. The Hall–Kier alpha value is -0.100. The Morgan fingerprint density at radius 2 is 2.12 bits per heavy atom. The molecule has 98 valence electrons. The van der Waals surface area contributed by atoms with Gasteiger partial charge in [0.25, 0.3) is 0 Å². The first kappa shape index (κ1) is 15.0. The van der Waals surface area contributed by atoms with Crippen LogP contribution in [0.15, 0.2) is 16.3 Å². The van der Waals surface area contributed by atoms with Gasteiger partial charge in [0.05, 0.1) is 0 Å². The van der Waals surface area contributed by atoms with Crippen LogP contribution in [0.5, 0.6) is 0 Å². The molecule has 0 aromatic carbocycles. The fourth-order valence-electron chi connectivity index (χ4n) is 1.38. The third-order valence-corrected chi connectivity index (χ3v) is 5.86. The number of alkyl halides is 1. The van der Waals surface area contributed by atoms with Crippen molar-refractivity contribution in [1.82, 2.24) is 4.72 Å². The Labute approximate surface area is 112 Å². The number of halogens is 1. The van der Waals surface area contributed by atoms with Crippen molar-refractivity contribution in [3.05, 3.63) is 17.0 Å². The van der Waals surface area contributed by atoms with Crippen LogP contribution in [0.4, 0.5) is 0 Å². The molecule has 0 aliphatic heterocycles. The summed E-state index contributed by atoms with van der Waals surface area (Å²) in [6.45, 7) is 4.32. The number of nitrogens with one attached hydrogen (secondary N) is 1. The van der Waals surface area contributed by atoms with E-state index in [1.807, 2.05) is 19.9 Å². The molecule has 1 atom stereocenters. The number of hydrogen-bond acceptors (Lipinski definition) is 3. The lowest BCUT2D eigenvalue weighted by atomic mass is 10.2. The van der Waals surface area contributed by atoms with Crippen molar-refractivity contribution >= 4 is 33.0 Å². The molecule has 1 heterocycles. The topological polar surface area (TPSA) is 46.2 Å². The highest BCUT2D eigenvalue weighted by Gasteiger charge is 2.17. The van der Waals surface area contributed by atoms with E-state index in [2.05, 4.69) is 4.72 Å². The van der Waals surface area contributed by atoms with Crippen molar-refractivity contribution < 1.29 is 8.42 Å². The van der Waals surface area contributed by atoms with Crippen LogP contribution in [0.3, 0.4) is 0 Å². The van der Waals surface area contributed by atoms with E-state index in [0.717, 1.165) is 24.1 Å². The molecule has 0 amide bonds. The Morgan fingerprint density at radius 1 is 1.41 bits per heavy atom. The maximum absolute atomic E-state index is 11.9. The van der Waals surface area contributed by atoms with Crippen LogP contribution in [0, 0.1) is 0 Å². The second-order valence-corrected chi connectivity index (χ2v) is 7.59. The average molecular weight is 296 g/mol. The third-order valence-electron chi connectivity index (χ3n) is 2.35. The van der Waals surface area contributed by atoms with Crippen molar-refractivity contribution in [1.29, 1.82) is 0 Å². The fraction of sp³-hybridized carbons (Fsp3) is 0.636. The molecule has 0 bridgehead atoms. The summed E-state index contributed by atoms with van der Waals surface area (Å²) in [7, 11) is -3.38. The first-order valence-corrected chi connectivity index (χ1v) is 8.45. The fourth-order valence-corrected chi connectivity index (χ4v) is 4.19. The molecular weight excluding hydrogens is 278 g/mol. The van der Waals surface area contributed by atoms with E-state index in [1.165, 1.54) is 11.3 Å². The second-order valence-electron chi connectivity index (χ2n) is 3.81. The van der Waals surface area contributed by atoms with Gasteiger partial charge in [-0.15, -0.1) is 22.9 Å². The minimum atomic E-state index is -3.38. The number of thiophene rings is 1. The Kier molecular flexibility index (Phi) is 5.92. The monoisotopic (exact) mass is 295 g/mol. The predicted octanol–water partition coefficient (Wildman–Crippen LogP) is 3.00. The van der Waals surface area contributed by atoms with Gasteiger partial charge in [-0.3, -0.25) is 0 Å². The van der Waals surface area contributed by atoms with E-state index < -0.39 is 10.0 Å². The summed E-state index contributed by atoms with van der Waals surface area (Å²) in [5.41, 5.74) is 0. The molecule has 0 fully saturated rings. The summed E-state index contributed by atoms with van der Waals surface area (Å²) in [6.07, 6.45) is 2.62. The Balaban J connectivity index is 2.62. The number of hydrogen-bond donors (Lipinski definition) is 1. The molecule has 17 heavy (non-hydrogen) atoms. The van der Waals surface area contributed by atoms with Gasteiger partial charge in [0.15, 0.2) is 0 Å². The first-order valence-electron chi connectivity index (χ1n) is 5.72. The van der Waals surface area contributed by atoms with E-state index in [4.69, 9.17) is 11.6 Å². The standard InChI is InChI=1S/C11H18ClNO2S2/c1-3-5-9(12)8-13-17(14,15)11-7-6-10(4-2)16-11/h6-7,9,13H,3-5,8H2,1-2H3. The van der Waals surface area contributed by atoms with Gasteiger partial charge in [-0.2, -0.15) is 0 Å². The van der Waals surface area contributed by atoms with E-state index >= 15 is 0 Å². The van der Waals surface area contributed by atoms with Gasteiger partial charge >= 0.3 is 0 Å². The van der Waals surface area contributed by atoms with E-state index in [0.29, 0.717) is 4.21 Å². The van der Waals surface area contributed by atoms with Crippen LogP contribution in [-0.4, -0.2) is 20.3 Å². The highest BCUT2D eigenvalue weighted by Crippen LogP contribution is 2.21. The quantitative estimate of drug-likeness (QED) is 0.786. The van der Waals surface area contributed by atoms with Gasteiger partial charge in [0.2, 0.25) is 10.0 Å². The number of sulfonamides is 1. The SMILES string of the molecule is CCCC(Cl)CNS(=O)(=O)c1ccc(CC)s1. The summed E-state index contributed by atoms with van der Waals surface area (Å²) in [5, 5.41) is -0.139.